The average Bonchev–Trinajstić information content (AvgIpc) is 1.80. The summed E-state index contributed by atoms with van der Waals surface area (Å²) in [5.74, 6) is -0.940. The van der Waals surface area contributed by atoms with Gasteiger partial charge in [0.25, 0.3) is 0 Å². The number of rotatable bonds is 5. The molecule has 0 aliphatic rings. The van der Waals surface area contributed by atoms with Gasteiger partial charge < -0.3 is 0 Å². The zero-order valence-corrected chi connectivity index (χ0v) is 6.82. The highest BCUT2D eigenvalue weighted by Crippen LogP contribution is 2.01. The third kappa shape index (κ3) is 7.95. The first kappa shape index (κ1) is 8.95. The monoisotopic (exact) mass is 193 g/mol. The minimum absolute atomic E-state index is 0.201. The molecule has 0 amide bonds. The normalized spacial score (nSPS) is 9.44. The maximum Gasteiger partial charge on any atom is 0.355 e. The summed E-state index contributed by atoms with van der Waals surface area (Å²) >= 11 is 3.25. The van der Waals surface area contributed by atoms with Crippen LogP contribution in [-0.2, 0) is 9.90 Å². The molecule has 0 aromatic carbocycles. The lowest BCUT2D eigenvalue weighted by atomic mass is 10.2. The van der Waals surface area contributed by atoms with Gasteiger partial charge in [0.2, 0.25) is 0 Å². The molecule has 0 atom stereocenters. The molecule has 0 saturated heterocycles. The van der Waals surface area contributed by atoms with Gasteiger partial charge in [-0.05, 0) is 12.8 Å². The highest BCUT2D eigenvalue weighted by molar-refractivity contribution is 9.09. The van der Waals surface area contributed by atoms with E-state index >= 15 is 0 Å². The van der Waals surface area contributed by atoms with E-state index in [4.69, 9.17) is 0 Å². The van der Waals surface area contributed by atoms with E-state index in [1.807, 2.05) is 0 Å². The minimum atomic E-state index is -0.940. The van der Waals surface area contributed by atoms with Gasteiger partial charge in [0.1, 0.15) is 0 Å². The molecule has 9 heavy (non-hydrogen) atoms. The van der Waals surface area contributed by atoms with E-state index in [9.17, 15) is 9.90 Å². The Hall–Kier alpha value is -0.0500. The van der Waals surface area contributed by atoms with Gasteiger partial charge in [-0.1, -0.05) is 22.4 Å². The SMILES string of the molecule is [O]C(=O)CCCCCBr. The van der Waals surface area contributed by atoms with Crippen LogP contribution in [0, 0.1) is 0 Å². The molecule has 0 N–H and O–H groups in total. The standard InChI is InChI=1S/C6H10BrO2/c7-5-3-1-2-4-6(8)9/h1-5H2. The van der Waals surface area contributed by atoms with E-state index in [0.717, 1.165) is 24.6 Å². The molecule has 0 aromatic heterocycles. The van der Waals surface area contributed by atoms with Crippen molar-refractivity contribution in [2.24, 2.45) is 0 Å². The second kappa shape index (κ2) is 6.08. The Kier molecular flexibility index (Phi) is 6.04. The second-order valence-electron chi connectivity index (χ2n) is 1.87. The summed E-state index contributed by atoms with van der Waals surface area (Å²) in [5.41, 5.74) is 0. The van der Waals surface area contributed by atoms with Gasteiger partial charge in [-0.2, -0.15) is 0 Å². The molecule has 0 aromatic rings. The smallest absolute Gasteiger partial charge is 0.247 e. The Morgan fingerprint density at radius 2 is 1.89 bits per heavy atom. The molecular formula is C6H10BrO2. The third-order valence-electron chi connectivity index (χ3n) is 1.01. The molecule has 0 fully saturated rings. The van der Waals surface area contributed by atoms with Crippen LogP contribution in [0.15, 0.2) is 0 Å². The second-order valence-corrected chi connectivity index (χ2v) is 2.66. The molecule has 0 heterocycles. The van der Waals surface area contributed by atoms with Crippen LogP contribution < -0.4 is 0 Å². The quantitative estimate of drug-likeness (QED) is 0.486. The molecule has 0 bridgehead atoms. The molecule has 0 saturated carbocycles. The number of carbonyl (C=O) groups excluding carboxylic acids is 1. The molecule has 53 valence electrons. The van der Waals surface area contributed by atoms with Crippen molar-refractivity contribution < 1.29 is 9.90 Å². The Morgan fingerprint density at radius 3 is 2.33 bits per heavy atom. The first-order chi connectivity index (χ1) is 4.27. The van der Waals surface area contributed by atoms with Crippen LogP contribution in [0.1, 0.15) is 25.7 Å². The van der Waals surface area contributed by atoms with E-state index in [-0.39, 0.29) is 6.42 Å². The van der Waals surface area contributed by atoms with Gasteiger partial charge in [-0.25, -0.2) is 9.90 Å². The number of unbranched alkanes of at least 4 members (excludes halogenated alkanes) is 2. The lowest BCUT2D eigenvalue weighted by Crippen LogP contribution is -1.91. The van der Waals surface area contributed by atoms with Crippen LogP contribution in [0.3, 0.4) is 0 Å². The largest absolute Gasteiger partial charge is 0.355 e. The molecule has 0 aliphatic heterocycles. The Labute approximate surface area is 63.4 Å². The van der Waals surface area contributed by atoms with E-state index in [1.54, 1.807) is 0 Å². The highest BCUT2D eigenvalue weighted by Gasteiger charge is 1.96. The van der Waals surface area contributed by atoms with Crippen molar-refractivity contribution in [2.75, 3.05) is 5.33 Å². The maximum absolute atomic E-state index is 9.84. The summed E-state index contributed by atoms with van der Waals surface area (Å²) < 4.78 is 0. The molecule has 0 aliphatic carbocycles. The van der Waals surface area contributed by atoms with Gasteiger partial charge >= 0.3 is 5.97 Å². The van der Waals surface area contributed by atoms with Crippen molar-refractivity contribution in [3.8, 4) is 0 Å². The summed E-state index contributed by atoms with van der Waals surface area (Å²) in [5, 5.41) is 10.8. The van der Waals surface area contributed by atoms with Crippen molar-refractivity contribution in [1.82, 2.24) is 0 Å². The van der Waals surface area contributed by atoms with Crippen molar-refractivity contribution in [3.63, 3.8) is 0 Å². The van der Waals surface area contributed by atoms with E-state index in [0.29, 0.717) is 0 Å². The van der Waals surface area contributed by atoms with Crippen molar-refractivity contribution in [2.45, 2.75) is 25.7 Å². The summed E-state index contributed by atoms with van der Waals surface area (Å²) in [7, 11) is 0. The molecule has 3 heteroatoms. The third-order valence-corrected chi connectivity index (χ3v) is 1.58. The van der Waals surface area contributed by atoms with Gasteiger partial charge in [-0.3, -0.25) is 0 Å². The zero-order valence-electron chi connectivity index (χ0n) is 5.23. The van der Waals surface area contributed by atoms with Gasteiger partial charge in [-0.15, -0.1) is 0 Å². The van der Waals surface area contributed by atoms with Crippen molar-refractivity contribution >= 4 is 21.9 Å². The number of hydrogen-bond acceptors (Lipinski definition) is 1. The van der Waals surface area contributed by atoms with E-state index < -0.39 is 5.97 Å². The zero-order chi connectivity index (χ0) is 7.11. The van der Waals surface area contributed by atoms with Crippen molar-refractivity contribution in [1.29, 1.82) is 0 Å². The number of carbonyl (C=O) groups is 1. The summed E-state index contributed by atoms with van der Waals surface area (Å²) in [6.45, 7) is 0. The maximum atomic E-state index is 9.84. The number of halogens is 1. The van der Waals surface area contributed by atoms with Crippen LogP contribution in [0.5, 0.6) is 0 Å². The fraction of sp³-hybridized carbons (Fsp3) is 0.833. The van der Waals surface area contributed by atoms with Crippen LogP contribution >= 0.6 is 15.9 Å². The van der Waals surface area contributed by atoms with Gasteiger partial charge in [0.05, 0.1) is 6.42 Å². The van der Waals surface area contributed by atoms with Crippen molar-refractivity contribution in [3.05, 3.63) is 0 Å². The molecule has 0 rings (SSSR count). The molecule has 1 radical (unpaired) electrons. The van der Waals surface area contributed by atoms with Crippen LogP contribution in [0.2, 0.25) is 0 Å². The highest BCUT2D eigenvalue weighted by atomic mass is 79.9. The fourth-order valence-corrected chi connectivity index (χ4v) is 0.937. The van der Waals surface area contributed by atoms with E-state index in [2.05, 4.69) is 15.9 Å². The Bertz CT molecular complexity index is 83.1. The summed E-state index contributed by atoms with van der Waals surface area (Å²) in [6.07, 6.45) is 2.97. The number of hydrogen-bond donors (Lipinski definition) is 0. The van der Waals surface area contributed by atoms with Gasteiger partial charge in [0.15, 0.2) is 0 Å². The lowest BCUT2D eigenvalue weighted by molar-refractivity contribution is -0.143. The molecule has 0 unspecified atom stereocenters. The van der Waals surface area contributed by atoms with E-state index in [1.165, 1.54) is 0 Å². The van der Waals surface area contributed by atoms with Gasteiger partial charge in [0, 0.05) is 5.33 Å². The Morgan fingerprint density at radius 1 is 1.22 bits per heavy atom. The Balaban J connectivity index is 2.83. The fourth-order valence-electron chi connectivity index (χ4n) is 0.541. The van der Waals surface area contributed by atoms with Crippen LogP contribution in [0.25, 0.3) is 0 Å². The average molecular weight is 194 g/mol. The van der Waals surface area contributed by atoms with Crippen LogP contribution in [-0.4, -0.2) is 11.3 Å². The predicted molar refractivity (Wildman–Crippen MR) is 38.0 cm³/mol. The predicted octanol–water partition coefficient (Wildman–Crippen LogP) is 1.90. The number of alkyl halides is 1. The first-order valence-corrected chi connectivity index (χ1v) is 4.15. The summed E-state index contributed by atoms with van der Waals surface area (Å²) in [6, 6.07) is 0. The van der Waals surface area contributed by atoms with Crippen LogP contribution in [0.4, 0.5) is 0 Å². The first-order valence-electron chi connectivity index (χ1n) is 3.03. The lowest BCUT2D eigenvalue weighted by Gasteiger charge is -1.90. The topological polar surface area (TPSA) is 37.0 Å². The summed E-state index contributed by atoms with van der Waals surface area (Å²) in [4.78, 5) is 9.84. The minimum Gasteiger partial charge on any atom is -0.247 e. The molecular weight excluding hydrogens is 184 g/mol. The molecule has 2 nitrogen and oxygen atoms in total. The molecule has 0 spiro atoms.